The Labute approximate surface area is 44.2 Å². The molecule has 7 heavy (non-hydrogen) atoms. The molecule has 2 aliphatic carbocycles. The largest absolute Gasteiger partial charge is 0.0589 e. The highest BCUT2D eigenvalue weighted by atomic mass is 14.3. The first kappa shape index (κ1) is 3.71. The van der Waals surface area contributed by atoms with Crippen molar-refractivity contribution in [1.29, 1.82) is 0 Å². The molecule has 0 aromatic carbocycles. The molecule has 0 bridgehead atoms. The van der Waals surface area contributed by atoms with Crippen molar-refractivity contribution in [1.82, 2.24) is 0 Å². The van der Waals surface area contributed by atoms with Crippen molar-refractivity contribution in [2.75, 3.05) is 0 Å². The van der Waals surface area contributed by atoms with Gasteiger partial charge < -0.3 is 0 Å². The molecule has 2 rings (SSSR count). The third kappa shape index (κ3) is 0.495. The summed E-state index contributed by atoms with van der Waals surface area (Å²) in [6.07, 6.45) is 8.87. The molecule has 0 nitrogen and oxygen atoms in total. The van der Waals surface area contributed by atoms with Crippen molar-refractivity contribution in [3.8, 4) is 0 Å². The molecule has 1 fully saturated rings. The van der Waals surface area contributed by atoms with E-state index in [1.165, 1.54) is 25.7 Å². The Bertz CT molecular complexity index is 107. The predicted octanol–water partition coefficient (Wildman–Crippen LogP) is 1.92. The van der Waals surface area contributed by atoms with Gasteiger partial charge in [-0.1, -0.05) is 12.0 Å². The Morgan fingerprint density at radius 1 is 1.43 bits per heavy atom. The van der Waals surface area contributed by atoms with Crippen LogP contribution < -0.4 is 0 Å². The Hall–Kier alpha value is -0.260. The summed E-state index contributed by atoms with van der Waals surface area (Å²) in [4.78, 5) is 0. The Morgan fingerprint density at radius 2 is 2.14 bits per heavy atom. The first-order valence-corrected chi connectivity index (χ1v) is 3.06. The van der Waals surface area contributed by atoms with Crippen molar-refractivity contribution >= 4 is 0 Å². The molecular weight excluding hydrogens is 84.1 g/mol. The molecule has 1 saturated carbocycles. The highest BCUT2D eigenvalue weighted by Gasteiger charge is 2.25. The van der Waals surface area contributed by atoms with E-state index in [0.29, 0.717) is 0 Å². The van der Waals surface area contributed by atoms with E-state index >= 15 is 0 Å². The van der Waals surface area contributed by atoms with E-state index in [1.54, 1.807) is 5.57 Å². The van der Waals surface area contributed by atoms with E-state index in [4.69, 9.17) is 0 Å². The van der Waals surface area contributed by atoms with Gasteiger partial charge in [-0.05, 0) is 31.3 Å². The monoisotopic (exact) mass is 93.1 g/mol. The third-order valence-corrected chi connectivity index (χ3v) is 1.98. The van der Waals surface area contributed by atoms with Gasteiger partial charge in [0, 0.05) is 0 Å². The van der Waals surface area contributed by atoms with Gasteiger partial charge in [0.25, 0.3) is 0 Å². The van der Waals surface area contributed by atoms with E-state index in [1.807, 2.05) is 0 Å². The molecular formula is C7H9. The number of hydrogen-bond donors (Lipinski definition) is 0. The summed E-state index contributed by atoms with van der Waals surface area (Å²) in [5, 5.41) is 0. The van der Waals surface area contributed by atoms with Crippen LogP contribution in [0.15, 0.2) is 5.57 Å². The fourth-order valence-corrected chi connectivity index (χ4v) is 1.10. The van der Waals surface area contributed by atoms with Gasteiger partial charge in [-0.15, -0.1) is 0 Å². The minimum Gasteiger partial charge on any atom is -0.0589 e. The molecule has 0 aromatic heterocycles. The summed E-state index contributed by atoms with van der Waals surface area (Å²) in [7, 11) is 0. The minimum atomic E-state index is 1.000. The standard InChI is InChI=1S/C7H9/c1-2-6(3-1)7-4-5-7/h6H,1-4H2. The number of hydrogen-bond acceptors (Lipinski definition) is 0. The van der Waals surface area contributed by atoms with Gasteiger partial charge in [-0.25, -0.2) is 0 Å². The zero-order valence-corrected chi connectivity index (χ0v) is 4.41. The van der Waals surface area contributed by atoms with Crippen LogP contribution in [0.2, 0.25) is 0 Å². The fraction of sp³-hybridized carbons (Fsp3) is 0.714. The lowest BCUT2D eigenvalue weighted by atomic mass is 9.83. The van der Waals surface area contributed by atoms with Crippen LogP contribution in [0.1, 0.15) is 25.7 Å². The zero-order chi connectivity index (χ0) is 4.69. The highest BCUT2D eigenvalue weighted by Crippen LogP contribution is 2.40. The summed E-state index contributed by atoms with van der Waals surface area (Å²) < 4.78 is 0. The van der Waals surface area contributed by atoms with E-state index in [-0.39, 0.29) is 0 Å². The molecule has 2 aliphatic rings. The molecule has 1 radical (unpaired) electrons. The minimum absolute atomic E-state index is 1.000. The summed E-state index contributed by atoms with van der Waals surface area (Å²) in [5.74, 6) is 1.000. The second kappa shape index (κ2) is 1.12. The molecule has 37 valence electrons. The van der Waals surface area contributed by atoms with Gasteiger partial charge in [0.15, 0.2) is 0 Å². The molecule has 0 N–H and O–H groups in total. The highest BCUT2D eigenvalue weighted by molar-refractivity contribution is 5.20. The van der Waals surface area contributed by atoms with Crippen LogP contribution in [0.25, 0.3) is 0 Å². The third-order valence-electron chi connectivity index (χ3n) is 1.98. The molecule has 0 saturated heterocycles. The average molecular weight is 93.1 g/mol. The van der Waals surface area contributed by atoms with Crippen molar-refractivity contribution in [2.45, 2.75) is 25.7 Å². The quantitative estimate of drug-likeness (QED) is 0.464. The fourth-order valence-electron chi connectivity index (χ4n) is 1.10. The topological polar surface area (TPSA) is 0 Å². The number of rotatable bonds is 1. The van der Waals surface area contributed by atoms with Crippen molar-refractivity contribution in [3.63, 3.8) is 0 Å². The van der Waals surface area contributed by atoms with Crippen LogP contribution in [0.4, 0.5) is 0 Å². The second-order valence-electron chi connectivity index (χ2n) is 2.51. The van der Waals surface area contributed by atoms with Gasteiger partial charge >= 0.3 is 0 Å². The lowest BCUT2D eigenvalue weighted by molar-refractivity contribution is 0.375. The van der Waals surface area contributed by atoms with E-state index in [9.17, 15) is 0 Å². The zero-order valence-electron chi connectivity index (χ0n) is 4.41. The van der Waals surface area contributed by atoms with Crippen LogP contribution >= 0.6 is 0 Å². The van der Waals surface area contributed by atoms with Crippen molar-refractivity contribution in [2.24, 2.45) is 5.92 Å². The maximum atomic E-state index is 3.25. The summed E-state index contributed by atoms with van der Waals surface area (Å²) in [6, 6.07) is 0. The predicted molar refractivity (Wildman–Crippen MR) is 28.7 cm³/mol. The maximum Gasteiger partial charge on any atom is -0.00557 e. The van der Waals surface area contributed by atoms with E-state index in [0.717, 1.165) is 5.92 Å². The van der Waals surface area contributed by atoms with Crippen LogP contribution in [0.5, 0.6) is 0 Å². The molecule has 0 spiro atoms. The molecule has 0 heteroatoms. The van der Waals surface area contributed by atoms with Crippen LogP contribution in [0, 0.1) is 12.0 Å². The number of allylic oxidation sites excluding steroid dienone is 2. The normalized spacial score (nSPS) is 28.9. The first-order valence-electron chi connectivity index (χ1n) is 3.06. The lowest BCUT2D eigenvalue weighted by Gasteiger charge is -2.22. The lowest BCUT2D eigenvalue weighted by Crippen LogP contribution is -2.08. The van der Waals surface area contributed by atoms with Gasteiger partial charge in [0.2, 0.25) is 0 Å². The first-order chi connectivity index (χ1) is 3.47. The smallest absolute Gasteiger partial charge is 0.00557 e. The van der Waals surface area contributed by atoms with Crippen molar-refractivity contribution < 1.29 is 0 Å². The maximum absolute atomic E-state index is 3.25. The Kier molecular flexibility index (Phi) is 0.592. The Balaban J connectivity index is 1.95. The summed E-state index contributed by atoms with van der Waals surface area (Å²) in [5.41, 5.74) is 1.63. The van der Waals surface area contributed by atoms with Gasteiger partial charge in [-0.2, -0.15) is 0 Å². The second-order valence-corrected chi connectivity index (χ2v) is 2.51. The molecule has 0 atom stereocenters. The van der Waals surface area contributed by atoms with E-state index in [2.05, 4.69) is 6.08 Å². The van der Waals surface area contributed by atoms with Crippen LogP contribution in [-0.4, -0.2) is 0 Å². The van der Waals surface area contributed by atoms with Gasteiger partial charge in [0.1, 0.15) is 0 Å². The van der Waals surface area contributed by atoms with Crippen LogP contribution in [0.3, 0.4) is 0 Å². The molecule has 0 amide bonds. The molecule has 0 aliphatic heterocycles. The van der Waals surface area contributed by atoms with Gasteiger partial charge in [-0.3, -0.25) is 0 Å². The van der Waals surface area contributed by atoms with E-state index < -0.39 is 0 Å². The molecule has 0 heterocycles. The molecule has 0 unspecified atom stereocenters. The van der Waals surface area contributed by atoms with Gasteiger partial charge in [0.05, 0.1) is 0 Å². The summed E-state index contributed by atoms with van der Waals surface area (Å²) in [6.45, 7) is 0. The van der Waals surface area contributed by atoms with Crippen LogP contribution in [-0.2, 0) is 0 Å². The average Bonchev–Trinajstić information content (AvgIpc) is 2.10. The Morgan fingerprint density at radius 3 is 2.29 bits per heavy atom. The SMILES string of the molecule is [C]1=C(C2CCC2)C1. The molecule has 0 aromatic rings. The van der Waals surface area contributed by atoms with Crippen molar-refractivity contribution in [3.05, 3.63) is 11.6 Å². The summed E-state index contributed by atoms with van der Waals surface area (Å²) >= 11 is 0.